The number of benzene rings is 1. The number of nitrogen functional groups attached to an aromatic ring is 1. The smallest absolute Gasteiger partial charge is 0.234 e. The molecule has 0 fully saturated rings. The van der Waals surface area contributed by atoms with Crippen LogP contribution in [0.2, 0.25) is 0 Å². The van der Waals surface area contributed by atoms with Crippen LogP contribution in [0.5, 0.6) is 0 Å². The lowest BCUT2D eigenvalue weighted by molar-refractivity contribution is -0.113. The highest BCUT2D eigenvalue weighted by atomic mass is 32.2. The maximum atomic E-state index is 12.0. The van der Waals surface area contributed by atoms with Gasteiger partial charge in [-0.25, -0.2) is 0 Å². The molecular weight excluding hydrogens is 286 g/mol. The normalized spacial score (nSPS) is 10.7. The monoisotopic (exact) mass is 299 g/mol. The molecule has 0 unspecified atom stereocenters. The molecule has 0 saturated carbocycles. The number of hydrogen-bond donors (Lipinski definition) is 2. The van der Waals surface area contributed by atoms with E-state index in [1.807, 2.05) is 40.9 Å². The number of nitrogens with zero attached hydrogens (tertiary/aromatic N) is 3. The van der Waals surface area contributed by atoms with Gasteiger partial charge in [0, 0.05) is 6.20 Å². The number of hydrogen-bond acceptors (Lipinski definition) is 5. The molecule has 1 amide bonds. The van der Waals surface area contributed by atoms with Crippen molar-refractivity contribution >= 4 is 34.7 Å². The van der Waals surface area contributed by atoms with Crippen LogP contribution < -0.4 is 11.1 Å². The topological polar surface area (TPSA) is 85.3 Å². The summed E-state index contributed by atoms with van der Waals surface area (Å²) in [5.74, 6) is 0.106. The second-order valence-electron chi connectivity index (χ2n) is 4.34. The third-order valence-electron chi connectivity index (χ3n) is 2.85. The third-order valence-corrected chi connectivity index (χ3v) is 3.79. The molecule has 0 saturated heterocycles. The fourth-order valence-electron chi connectivity index (χ4n) is 1.85. The van der Waals surface area contributed by atoms with Gasteiger partial charge in [0.2, 0.25) is 5.91 Å². The lowest BCUT2D eigenvalue weighted by Gasteiger charge is -2.07. The molecule has 0 aliphatic rings. The Balaban J connectivity index is 1.65. The van der Waals surface area contributed by atoms with Crippen molar-refractivity contribution in [1.29, 1.82) is 0 Å². The van der Waals surface area contributed by atoms with E-state index in [4.69, 9.17) is 5.73 Å². The van der Waals surface area contributed by atoms with Crippen LogP contribution in [-0.2, 0) is 4.79 Å². The Kier molecular flexibility index (Phi) is 3.74. The van der Waals surface area contributed by atoms with Crippen molar-refractivity contribution in [2.45, 2.75) is 5.16 Å². The van der Waals surface area contributed by atoms with Crippen molar-refractivity contribution in [3.8, 4) is 0 Å². The van der Waals surface area contributed by atoms with Crippen LogP contribution in [0, 0.1) is 0 Å². The number of fused-ring (bicyclic) bond motifs is 1. The van der Waals surface area contributed by atoms with Gasteiger partial charge in [0.1, 0.15) is 0 Å². The molecule has 3 N–H and O–H groups in total. The minimum Gasteiger partial charge on any atom is -0.397 e. The van der Waals surface area contributed by atoms with Gasteiger partial charge in [-0.3, -0.25) is 9.20 Å². The Labute approximate surface area is 125 Å². The highest BCUT2D eigenvalue weighted by Gasteiger charge is 2.09. The van der Waals surface area contributed by atoms with Crippen LogP contribution in [0.4, 0.5) is 11.4 Å². The number of thioether (sulfide) groups is 1. The van der Waals surface area contributed by atoms with Crippen LogP contribution in [0.25, 0.3) is 5.65 Å². The predicted molar refractivity (Wildman–Crippen MR) is 83.2 cm³/mol. The summed E-state index contributed by atoms with van der Waals surface area (Å²) in [6.07, 6.45) is 1.87. The SMILES string of the molecule is Nc1ccccc1NC(=O)CSc1nnc2ccccn12. The number of amides is 1. The van der Waals surface area contributed by atoms with Crippen LogP contribution in [0.3, 0.4) is 0 Å². The number of pyridine rings is 1. The molecule has 7 heteroatoms. The van der Waals surface area contributed by atoms with E-state index < -0.39 is 0 Å². The molecule has 0 radical (unpaired) electrons. The summed E-state index contributed by atoms with van der Waals surface area (Å²) >= 11 is 1.33. The first kappa shape index (κ1) is 13.4. The summed E-state index contributed by atoms with van der Waals surface area (Å²) in [4.78, 5) is 12.0. The van der Waals surface area contributed by atoms with Crippen molar-refractivity contribution < 1.29 is 4.79 Å². The van der Waals surface area contributed by atoms with Crippen molar-refractivity contribution in [1.82, 2.24) is 14.6 Å². The molecule has 0 spiro atoms. The molecule has 0 aliphatic carbocycles. The first-order chi connectivity index (χ1) is 10.2. The molecule has 0 aliphatic heterocycles. The largest absolute Gasteiger partial charge is 0.397 e. The van der Waals surface area contributed by atoms with Crippen LogP contribution in [0.1, 0.15) is 0 Å². The number of anilines is 2. The summed E-state index contributed by atoms with van der Waals surface area (Å²) in [5, 5.41) is 11.6. The van der Waals surface area contributed by atoms with Gasteiger partial charge < -0.3 is 11.1 Å². The summed E-state index contributed by atoms with van der Waals surface area (Å²) in [6, 6.07) is 12.8. The summed E-state index contributed by atoms with van der Waals surface area (Å²) < 4.78 is 1.84. The number of nitrogens with one attached hydrogen (secondary N) is 1. The van der Waals surface area contributed by atoms with E-state index in [1.54, 1.807) is 12.1 Å². The third kappa shape index (κ3) is 2.97. The van der Waals surface area contributed by atoms with Crippen molar-refractivity contribution in [3.05, 3.63) is 48.7 Å². The van der Waals surface area contributed by atoms with Crippen LogP contribution in [0.15, 0.2) is 53.8 Å². The number of nitrogens with two attached hydrogens (primary N) is 1. The van der Waals surface area contributed by atoms with Gasteiger partial charge >= 0.3 is 0 Å². The fourth-order valence-corrected chi connectivity index (χ4v) is 2.57. The maximum absolute atomic E-state index is 12.0. The van der Waals surface area contributed by atoms with Gasteiger partial charge in [0.05, 0.1) is 17.1 Å². The Morgan fingerprint density at radius 2 is 2.00 bits per heavy atom. The highest BCUT2D eigenvalue weighted by Crippen LogP contribution is 2.19. The van der Waals surface area contributed by atoms with E-state index in [1.165, 1.54) is 11.8 Å². The van der Waals surface area contributed by atoms with Gasteiger partial charge in [-0.1, -0.05) is 30.0 Å². The van der Waals surface area contributed by atoms with Crippen molar-refractivity contribution in [3.63, 3.8) is 0 Å². The molecule has 2 heterocycles. The Morgan fingerprint density at radius 3 is 2.86 bits per heavy atom. The molecule has 0 bridgehead atoms. The number of carbonyl (C=O) groups is 1. The van der Waals surface area contributed by atoms with E-state index in [0.717, 1.165) is 5.65 Å². The minimum absolute atomic E-state index is 0.134. The standard InChI is InChI=1S/C14H13N5OS/c15-10-5-1-2-6-11(10)16-13(20)9-21-14-18-17-12-7-3-4-8-19(12)14/h1-8H,9,15H2,(H,16,20). The molecule has 1 aromatic carbocycles. The van der Waals surface area contributed by atoms with Gasteiger partial charge in [0.25, 0.3) is 0 Å². The quantitative estimate of drug-likeness (QED) is 0.569. The van der Waals surface area contributed by atoms with Crippen molar-refractivity contribution in [2.24, 2.45) is 0 Å². The summed E-state index contributed by atoms with van der Waals surface area (Å²) in [7, 11) is 0. The lowest BCUT2D eigenvalue weighted by Crippen LogP contribution is -2.15. The van der Waals surface area contributed by atoms with Gasteiger partial charge in [-0.15, -0.1) is 10.2 Å². The van der Waals surface area contributed by atoms with Gasteiger partial charge in [-0.05, 0) is 24.3 Å². The average Bonchev–Trinajstić information content (AvgIpc) is 2.91. The number of aromatic nitrogens is 3. The number of para-hydroxylation sites is 2. The van der Waals surface area contributed by atoms with E-state index in [2.05, 4.69) is 15.5 Å². The first-order valence-corrected chi connectivity index (χ1v) is 7.29. The Hall–Kier alpha value is -2.54. The van der Waals surface area contributed by atoms with E-state index in [0.29, 0.717) is 16.5 Å². The number of carbonyl (C=O) groups excluding carboxylic acids is 1. The molecule has 2 aromatic heterocycles. The average molecular weight is 299 g/mol. The van der Waals surface area contributed by atoms with Gasteiger partial charge in [-0.2, -0.15) is 0 Å². The zero-order valence-electron chi connectivity index (χ0n) is 11.1. The zero-order valence-corrected chi connectivity index (χ0v) is 11.9. The Morgan fingerprint density at radius 1 is 1.19 bits per heavy atom. The summed E-state index contributed by atoms with van der Waals surface area (Å²) in [5.41, 5.74) is 7.71. The molecule has 21 heavy (non-hydrogen) atoms. The molecule has 106 valence electrons. The van der Waals surface area contributed by atoms with E-state index in [-0.39, 0.29) is 11.7 Å². The van der Waals surface area contributed by atoms with E-state index >= 15 is 0 Å². The second kappa shape index (κ2) is 5.84. The molecule has 3 rings (SSSR count). The maximum Gasteiger partial charge on any atom is 0.234 e. The highest BCUT2D eigenvalue weighted by molar-refractivity contribution is 7.99. The summed E-state index contributed by atoms with van der Waals surface area (Å²) in [6.45, 7) is 0. The van der Waals surface area contributed by atoms with E-state index in [9.17, 15) is 4.79 Å². The minimum atomic E-state index is -0.134. The fraction of sp³-hybridized carbons (Fsp3) is 0.0714. The number of rotatable bonds is 4. The zero-order chi connectivity index (χ0) is 14.7. The Bertz CT molecular complexity index is 786. The molecule has 6 nitrogen and oxygen atoms in total. The van der Waals surface area contributed by atoms with Crippen LogP contribution in [-0.4, -0.2) is 26.3 Å². The van der Waals surface area contributed by atoms with Gasteiger partial charge in [0.15, 0.2) is 10.8 Å². The lowest BCUT2D eigenvalue weighted by atomic mass is 10.3. The molecule has 3 aromatic rings. The second-order valence-corrected chi connectivity index (χ2v) is 5.28. The van der Waals surface area contributed by atoms with Crippen LogP contribution >= 0.6 is 11.8 Å². The predicted octanol–water partition coefficient (Wildman–Crippen LogP) is 2.04. The molecular formula is C14H13N5OS. The molecule has 0 atom stereocenters. The van der Waals surface area contributed by atoms with Crippen molar-refractivity contribution in [2.75, 3.05) is 16.8 Å². The first-order valence-electron chi connectivity index (χ1n) is 6.31.